The molecule has 2 aromatic rings. The number of para-hydroxylation sites is 1. The van der Waals surface area contributed by atoms with Gasteiger partial charge in [-0.25, -0.2) is 14.6 Å². The number of methoxy groups -OCH3 is 1. The van der Waals surface area contributed by atoms with E-state index >= 15 is 0 Å². The normalized spacial score (nSPS) is 28.1. The van der Waals surface area contributed by atoms with E-state index in [2.05, 4.69) is 17.1 Å². The predicted molar refractivity (Wildman–Crippen MR) is 188 cm³/mol. The van der Waals surface area contributed by atoms with E-state index in [1.807, 2.05) is 39.0 Å². The first kappa shape index (κ1) is 36.0. The van der Waals surface area contributed by atoms with Gasteiger partial charge in [-0.15, -0.1) is 0 Å². The van der Waals surface area contributed by atoms with Crippen LogP contribution in [0.4, 0.5) is 4.79 Å². The molecular formula is C38H54N4O8. The van der Waals surface area contributed by atoms with Crippen LogP contribution < -0.4 is 19.5 Å². The number of alkyl carbamates (subject to hydrolysis) is 1. The Balaban J connectivity index is 1.35. The molecule has 12 nitrogen and oxygen atoms in total. The first-order chi connectivity index (χ1) is 24.0. The lowest BCUT2D eigenvalue weighted by molar-refractivity contribution is -0.150. The van der Waals surface area contributed by atoms with Crippen molar-refractivity contribution in [3.05, 3.63) is 23.8 Å². The van der Waals surface area contributed by atoms with E-state index in [0.717, 1.165) is 68.4 Å². The highest BCUT2D eigenvalue weighted by atomic mass is 16.6. The Labute approximate surface area is 295 Å². The third-order valence-electron chi connectivity index (χ3n) is 10.9. The maximum atomic E-state index is 14.1. The molecule has 6 rings (SSSR count). The van der Waals surface area contributed by atoms with Gasteiger partial charge >= 0.3 is 12.1 Å². The van der Waals surface area contributed by atoms with E-state index in [1.165, 1.54) is 17.7 Å². The average molecular weight is 695 g/mol. The third kappa shape index (κ3) is 7.90. The number of carboxylic acid groups (broad SMARTS) is 1. The summed E-state index contributed by atoms with van der Waals surface area (Å²) in [5.74, 6) is 0.581. The number of ether oxygens (including phenoxy) is 4. The van der Waals surface area contributed by atoms with Crippen LogP contribution in [0.1, 0.15) is 84.6 Å². The second-order valence-corrected chi connectivity index (χ2v) is 15.6. The molecule has 2 N–H and O–H groups in total. The van der Waals surface area contributed by atoms with Crippen LogP contribution in [0.3, 0.4) is 0 Å². The zero-order valence-electron chi connectivity index (χ0n) is 30.2. The Morgan fingerprint density at radius 1 is 1.10 bits per heavy atom. The number of nitrogens with zero attached hydrogens (tertiary/aromatic N) is 3. The van der Waals surface area contributed by atoms with Crippen molar-refractivity contribution in [3.63, 3.8) is 0 Å². The van der Waals surface area contributed by atoms with E-state index in [1.54, 1.807) is 7.11 Å². The molecule has 6 atom stereocenters. The van der Waals surface area contributed by atoms with Crippen LogP contribution in [-0.4, -0.2) is 102 Å². The number of hydrogen-bond acceptors (Lipinski definition) is 9. The number of carbonyl (C=O) groups is 3. The molecule has 4 heterocycles. The zero-order chi connectivity index (χ0) is 35.6. The van der Waals surface area contributed by atoms with Crippen molar-refractivity contribution in [3.8, 4) is 17.4 Å². The summed E-state index contributed by atoms with van der Waals surface area (Å²) in [6.45, 7) is 11.4. The van der Waals surface area contributed by atoms with Gasteiger partial charge in [-0.05, 0) is 75.1 Å². The van der Waals surface area contributed by atoms with Gasteiger partial charge in [-0.2, -0.15) is 0 Å². The molecule has 1 aliphatic carbocycles. The lowest BCUT2D eigenvalue weighted by atomic mass is 9.85. The SMILES string of the molecule is COc1cccc2c(OCCCN3CCCC3)c3c(nc12)O[C@@H]1C[C@@H](C(=O)O)N(C1)C(=O)[C@H](C(C)(C)C)NC(=O)O[C@@H]1C(C)[C@H]1CCCCC3. The number of fused-ring (bicyclic) bond motifs is 5. The number of carboxylic acids is 1. The molecule has 274 valence electrons. The summed E-state index contributed by atoms with van der Waals surface area (Å²) < 4.78 is 24.8. The number of amides is 2. The highest BCUT2D eigenvalue weighted by Gasteiger charge is 2.51. The number of hydrogen-bond donors (Lipinski definition) is 2. The maximum Gasteiger partial charge on any atom is 0.408 e. The standard InChI is InChI=1S/C38H54N4O8/c1-23-25-13-7-6-8-14-27-32(48-20-12-19-41-17-9-10-18-41)26-15-11-16-29(47-5)30(26)39-34(27)49-24-21-28(36(44)45)42(22-24)35(43)33(38(2,3)4)40-37(46)50-31(23)25/h11,15-16,23-25,28,31,33H,6-10,12-14,17-22H2,1-5H3,(H,40,46)(H,44,45)/t23?,24-,25-,28+,31-,33-/m1/s1. The summed E-state index contributed by atoms with van der Waals surface area (Å²) in [6, 6.07) is 3.66. The Bertz CT molecular complexity index is 1550. The molecule has 2 amide bonds. The Morgan fingerprint density at radius 2 is 1.88 bits per heavy atom. The molecule has 3 fully saturated rings. The summed E-state index contributed by atoms with van der Waals surface area (Å²) in [4.78, 5) is 48.6. The molecule has 3 aliphatic heterocycles. The highest BCUT2D eigenvalue weighted by Crippen LogP contribution is 2.46. The summed E-state index contributed by atoms with van der Waals surface area (Å²) in [5.41, 5.74) is 0.749. The van der Waals surface area contributed by atoms with Crippen molar-refractivity contribution < 1.29 is 38.4 Å². The van der Waals surface area contributed by atoms with Crippen molar-refractivity contribution in [1.29, 1.82) is 0 Å². The van der Waals surface area contributed by atoms with Crippen LogP contribution in [0, 0.1) is 17.3 Å². The number of rotatable bonds is 7. The molecule has 1 unspecified atom stereocenters. The maximum absolute atomic E-state index is 14.1. The first-order valence-corrected chi connectivity index (χ1v) is 18.5. The number of nitrogens with one attached hydrogen (secondary N) is 1. The van der Waals surface area contributed by atoms with E-state index in [-0.39, 0.29) is 30.9 Å². The number of pyridine rings is 1. The van der Waals surface area contributed by atoms with Gasteiger partial charge in [-0.1, -0.05) is 46.6 Å². The summed E-state index contributed by atoms with van der Waals surface area (Å²) in [7, 11) is 1.61. The summed E-state index contributed by atoms with van der Waals surface area (Å²) in [6.07, 6.45) is 6.34. The minimum atomic E-state index is -1.13. The van der Waals surface area contributed by atoms with Crippen LogP contribution in [0.5, 0.6) is 17.4 Å². The fourth-order valence-electron chi connectivity index (χ4n) is 7.96. The van der Waals surface area contributed by atoms with Crippen molar-refractivity contribution in [2.45, 2.75) is 110 Å². The number of likely N-dealkylation sites (tertiary alicyclic amines) is 1. The van der Waals surface area contributed by atoms with Gasteiger partial charge < -0.3 is 39.2 Å². The van der Waals surface area contributed by atoms with E-state index < -0.39 is 41.6 Å². The van der Waals surface area contributed by atoms with Gasteiger partial charge in [0, 0.05) is 24.3 Å². The molecule has 1 aromatic carbocycles. The van der Waals surface area contributed by atoms with E-state index in [0.29, 0.717) is 30.2 Å². The molecule has 1 saturated carbocycles. The quantitative estimate of drug-likeness (QED) is 0.361. The van der Waals surface area contributed by atoms with Crippen molar-refractivity contribution >= 4 is 28.9 Å². The van der Waals surface area contributed by atoms with Crippen LogP contribution in [0.2, 0.25) is 0 Å². The number of benzene rings is 1. The van der Waals surface area contributed by atoms with Gasteiger partial charge in [0.1, 0.15) is 41.3 Å². The van der Waals surface area contributed by atoms with Gasteiger partial charge in [0.2, 0.25) is 11.8 Å². The average Bonchev–Trinajstić information content (AvgIpc) is 3.45. The fraction of sp³-hybridized carbons (Fsp3) is 0.684. The smallest absolute Gasteiger partial charge is 0.408 e. The van der Waals surface area contributed by atoms with Crippen molar-refractivity contribution in [2.75, 3.05) is 39.9 Å². The fourth-order valence-corrected chi connectivity index (χ4v) is 7.96. The minimum absolute atomic E-state index is 0.0257. The predicted octanol–water partition coefficient (Wildman–Crippen LogP) is 5.43. The molecule has 0 spiro atoms. The number of carbonyl (C=O) groups excluding carboxylic acids is 2. The van der Waals surface area contributed by atoms with Crippen LogP contribution >= 0.6 is 0 Å². The Hall–Kier alpha value is -3.80. The van der Waals surface area contributed by atoms with Gasteiger partial charge in [0.25, 0.3) is 0 Å². The minimum Gasteiger partial charge on any atom is -0.494 e. The van der Waals surface area contributed by atoms with Crippen molar-refractivity contribution in [2.24, 2.45) is 17.3 Å². The van der Waals surface area contributed by atoms with Gasteiger partial charge in [0.15, 0.2) is 0 Å². The summed E-state index contributed by atoms with van der Waals surface area (Å²) in [5, 5.41) is 13.9. The molecule has 4 aliphatic rings. The molecule has 2 bridgehead atoms. The second kappa shape index (κ2) is 15.2. The van der Waals surface area contributed by atoms with Crippen LogP contribution in [0.25, 0.3) is 10.9 Å². The molecule has 12 heteroatoms. The lowest BCUT2D eigenvalue weighted by Gasteiger charge is -2.34. The van der Waals surface area contributed by atoms with Crippen LogP contribution in [-0.2, 0) is 20.7 Å². The Kier molecular flexibility index (Phi) is 11.0. The van der Waals surface area contributed by atoms with Gasteiger partial charge in [0.05, 0.1) is 25.8 Å². The number of aliphatic carboxylic acids is 1. The first-order valence-electron chi connectivity index (χ1n) is 18.5. The molecule has 0 radical (unpaired) electrons. The number of aromatic nitrogens is 1. The molecule has 2 saturated heterocycles. The third-order valence-corrected chi connectivity index (χ3v) is 10.9. The molecule has 50 heavy (non-hydrogen) atoms. The molecule has 1 aromatic heterocycles. The topological polar surface area (TPSA) is 140 Å². The lowest BCUT2D eigenvalue weighted by Crippen LogP contribution is -2.57. The van der Waals surface area contributed by atoms with E-state index in [4.69, 9.17) is 23.9 Å². The largest absolute Gasteiger partial charge is 0.494 e. The summed E-state index contributed by atoms with van der Waals surface area (Å²) >= 11 is 0. The molecular weight excluding hydrogens is 640 g/mol. The van der Waals surface area contributed by atoms with E-state index in [9.17, 15) is 19.5 Å². The highest BCUT2D eigenvalue weighted by molar-refractivity contribution is 5.92. The zero-order valence-corrected chi connectivity index (χ0v) is 30.2. The second-order valence-electron chi connectivity index (χ2n) is 15.6. The Morgan fingerprint density at radius 3 is 2.60 bits per heavy atom. The van der Waals surface area contributed by atoms with Gasteiger partial charge in [-0.3, -0.25) is 4.79 Å². The van der Waals surface area contributed by atoms with Crippen LogP contribution in [0.15, 0.2) is 18.2 Å². The van der Waals surface area contributed by atoms with Crippen molar-refractivity contribution in [1.82, 2.24) is 20.1 Å². The monoisotopic (exact) mass is 694 g/mol.